The monoisotopic (exact) mass is 395 g/mol. The molecule has 0 aliphatic carbocycles. The van der Waals surface area contributed by atoms with E-state index in [0.29, 0.717) is 22.3 Å². The van der Waals surface area contributed by atoms with E-state index in [1.54, 1.807) is 6.07 Å². The number of hydrogen-bond donors (Lipinski definition) is 0. The van der Waals surface area contributed by atoms with Gasteiger partial charge in [0, 0.05) is 17.4 Å². The van der Waals surface area contributed by atoms with Crippen molar-refractivity contribution in [2.24, 2.45) is 5.16 Å². The lowest BCUT2D eigenvalue weighted by Gasteiger charge is -2.06. The SMILES string of the molecule is O=C(OCc1nc(-c2ccsc2)no1)C1CC(c2ccc(Cl)s2)=NO1. The zero-order chi connectivity index (χ0) is 17.2. The molecule has 0 N–H and O–H groups in total. The van der Waals surface area contributed by atoms with Gasteiger partial charge in [0.1, 0.15) is 5.71 Å². The largest absolute Gasteiger partial charge is 0.453 e. The molecule has 0 amide bonds. The smallest absolute Gasteiger partial charge is 0.351 e. The summed E-state index contributed by atoms with van der Waals surface area (Å²) in [6, 6.07) is 5.50. The second-order valence-electron chi connectivity index (χ2n) is 5.07. The van der Waals surface area contributed by atoms with Crippen LogP contribution in [0.1, 0.15) is 17.2 Å². The summed E-state index contributed by atoms with van der Waals surface area (Å²) in [7, 11) is 0. The molecule has 128 valence electrons. The average molecular weight is 396 g/mol. The fourth-order valence-corrected chi connectivity index (χ4v) is 3.83. The number of aromatic nitrogens is 2. The Labute approximate surface area is 154 Å². The highest BCUT2D eigenvalue weighted by molar-refractivity contribution is 7.18. The van der Waals surface area contributed by atoms with Gasteiger partial charge in [-0.1, -0.05) is 21.9 Å². The molecule has 25 heavy (non-hydrogen) atoms. The third-order valence-corrected chi connectivity index (χ3v) is 5.34. The molecule has 3 aromatic rings. The van der Waals surface area contributed by atoms with Crippen LogP contribution < -0.4 is 0 Å². The number of carbonyl (C=O) groups excluding carboxylic acids is 1. The highest BCUT2D eigenvalue weighted by Crippen LogP contribution is 2.27. The number of esters is 1. The highest BCUT2D eigenvalue weighted by Gasteiger charge is 2.31. The Morgan fingerprint density at radius 3 is 3.08 bits per heavy atom. The molecular weight excluding hydrogens is 386 g/mol. The van der Waals surface area contributed by atoms with Gasteiger partial charge in [-0.05, 0) is 23.6 Å². The minimum atomic E-state index is -0.782. The van der Waals surface area contributed by atoms with E-state index in [1.165, 1.54) is 22.7 Å². The zero-order valence-corrected chi connectivity index (χ0v) is 14.9. The van der Waals surface area contributed by atoms with Crippen molar-refractivity contribution in [2.45, 2.75) is 19.1 Å². The van der Waals surface area contributed by atoms with E-state index in [1.807, 2.05) is 22.9 Å². The second-order valence-corrected chi connectivity index (χ2v) is 7.57. The molecule has 0 aromatic carbocycles. The van der Waals surface area contributed by atoms with E-state index < -0.39 is 12.1 Å². The minimum Gasteiger partial charge on any atom is -0.453 e. The first kappa shape index (κ1) is 16.2. The maximum Gasteiger partial charge on any atom is 0.351 e. The van der Waals surface area contributed by atoms with Gasteiger partial charge in [-0.25, -0.2) is 4.79 Å². The molecule has 0 saturated heterocycles. The van der Waals surface area contributed by atoms with Crippen LogP contribution in [-0.2, 0) is 21.0 Å². The Kier molecular flexibility index (Phi) is 4.51. The Hall–Kier alpha value is -2.23. The summed E-state index contributed by atoms with van der Waals surface area (Å²) in [5.41, 5.74) is 1.54. The maximum absolute atomic E-state index is 12.1. The average Bonchev–Trinajstić information content (AvgIpc) is 3.38. The molecule has 4 rings (SSSR count). The molecule has 1 atom stereocenters. The lowest BCUT2D eigenvalue weighted by molar-refractivity contribution is -0.157. The number of rotatable bonds is 5. The second kappa shape index (κ2) is 6.95. The molecule has 1 aliphatic heterocycles. The van der Waals surface area contributed by atoms with Gasteiger partial charge in [-0.15, -0.1) is 11.3 Å². The van der Waals surface area contributed by atoms with Crippen molar-refractivity contribution in [3.8, 4) is 11.4 Å². The normalized spacial score (nSPS) is 16.5. The molecule has 0 spiro atoms. The summed E-state index contributed by atoms with van der Waals surface area (Å²) < 4.78 is 10.9. The molecule has 0 bridgehead atoms. The van der Waals surface area contributed by atoms with Crippen molar-refractivity contribution >= 4 is 46.0 Å². The molecule has 1 unspecified atom stereocenters. The molecular formula is C15H10ClN3O4S2. The number of thiophene rings is 2. The van der Waals surface area contributed by atoms with Crippen LogP contribution in [0.15, 0.2) is 38.6 Å². The third kappa shape index (κ3) is 3.58. The number of halogens is 1. The summed E-state index contributed by atoms with van der Waals surface area (Å²) in [5.74, 6) is 0.153. The summed E-state index contributed by atoms with van der Waals surface area (Å²) in [6.07, 6.45) is -0.449. The van der Waals surface area contributed by atoms with Crippen LogP contribution in [0, 0.1) is 0 Å². The van der Waals surface area contributed by atoms with Crippen molar-refractivity contribution in [1.29, 1.82) is 0 Å². The number of carbonyl (C=O) groups is 1. The zero-order valence-electron chi connectivity index (χ0n) is 12.5. The highest BCUT2D eigenvalue weighted by atomic mass is 35.5. The van der Waals surface area contributed by atoms with Crippen molar-refractivity contribution < 1.29 is 18.9 Å². The molecule has 10 heteroatoms. The standard InChI is InChI=1S/C15H10ClN3O4S2/c16-12-2-1-11(25-12)9-5-10(22-18-9)15(20)21-6-13-17-14(19-23-13)8-3-4-24-7-8/h1-4,7,10H,5-6H2. The Morgan fingerprint density at radius 2 is 2.32 bits per heavy atom. The maximum atomic E-state index is 12.1. The van der Waals surface area contributed by atoms with E-state index >= 15 is 0 Å². The van der Waals surface area contributed by atoms with E-state index in [2.05, 4.69) is 15.3 Å². The van der Waals surface area contributed by atoms with E-state index in [0.717, 1.165) is 10.4 Å². The van der Waals surface area contributed by atoms with Crippen molar-refractivity contribution in [1.82, 2.24) is 10.1 Å². The van der Waals surface area contributed by atoms with Gasteiger partial charge in [0.05, 0.1) is 9.21 Å². The number of oxime groups is 1. The molecule has 1 aliphatic rings. The fraction of sp³-hybridized carbons (Fsp3) is 0.200. The summed E-state index contributed by atoms with van der Waals surface area (Å²) in [5, 5.41) is 11.6. The molecule has 0 fully saturated rings. The van der Waals surface area contributed by atoms with Crippen LogP contribution >= 0.6 is 34.3 Å². The predicted octanol–water partition coefficient (Wildman–Crippen LogP) is 3.75. The van der Waals surface area contributed by atoms with E-state index in [9.17, 15) is 4.79 Å². The molecule has 3 aromatic heterocycles. The minimum absolute atomic E-state index is 0.115. The van der Waals surface area contributed by atoms with Crippen LogP contribution in [-0.4, -0.2) is 27.9 Å². The first-order valence-corrected chi connectivity index (χ1v) is 9.33. The van der Waals surface area contributed by atoms with Crippen molar-refractivity contribution in [2.75, 3.05) is 0 Å². The van der Waals surface area contributed by atoms with Crippen LogP contribution in [0.3, 0.4) is 0 Å². The van der Waals surface area contributed by atoms with Gasteiger partial charge in [-0.3, -0.25) is 0 Å². The lowest BCUT2D eigenvalue weighted by atomic mass is 10.1. The summed E-state index contributed by atoms with van der Waals surface area (Å²) in [4.78, 5) is 22.3. The van der Waals surface area contributed by atoms with Crippen molar-refractivity contribution in [3.05, 3.63) is 44.1 Å². The van der Waals surface area contributed by atoms with Gasteiger partial charge in [0.2, 0.25) is 11.9 Å². The third-order valence-electron chi connectivity index (χ3n) is 3.37. The molecule has 4 heterocycles. The Morgan fingerprint density at radius 1 is 1.40 bits per heavy atom. The van der Waals surface area contributed by atoms with Gasteiger partial charge in [-0.2, -0.15) is 16.3 Å². The van der Waals surface area contributed by atoms with Crippen molar-refractivity contribution in [3.63, 3.8) is 0 Å². The van der Waals surface area contributed by atoms with Crippen LogP contribution in [0.4, 0.5) is 0 Å². The van der Waals surface area contributed by atoms with Crippen LogP contribution in [0.5, 0.6) is 0 Å². The van der Waals surface area contributed by atoms with E-state index in [-0.39, 0.29) is 12.5 Å². The van der Waals surface area contributed by atoms with Gasteiger partial charge >= 0.3 is 5.97 Å². The number of nitrogens with zero attached hydrogens (tertiary/aromatic N) is 3. The topological polar surface area (TPSA) is 86.8 Å². The lowest BCUT2D eigenvalue weighted by Crippen LogP contribution is -2.23. The quantitative estimate of drug-likeness (QED) is 0.611. The molecule has 7 nitrogen and oxygen atoms in total. The van der Waals surface area contributed by atoms with E-state index in [4.69, 9.17) is 25.7 Å². The number of ether oxygens (including phenoxy) is 1. The Balaban J connectivity index is 1.31. The van der Waals surface area contributed by atoms with Crippen LogP contribution in [0.2, 0.25) is 4.34 Å². The fourth-order valence-electron chi connectivity index (χ4n) is 2.17. The van der Waals surface area contributed by atoms with Gasteiger partial charge in [0.15, 0.2) is 6.61 Å². The summed E-state index contributed by atoms with van der Waals surface area (Å²) >= 11 is 8.82. The first-order valence-electron chi connectivity index (χ1n) is 7.19. The number of hydrogen-bond acceptors (Lipinski definition) is 9. The van der Waals surface area contributed by atoms with Crippen LogP contribution in [0.25, 0.3) is 11.4 Å². The Bertz CT molecular complexity index is 919. The molecule has 0 radical (unpaired) electrons. The van der Waals surface area contributed by atoms with Gasteiger partial charge in [0.25, 0.3) is 5.89 Å². The summed E-state index contributed by atoms with van der Waals surface area (Å²) in [6.45, 7) is -0.115. The predicted molar refractivity (Wildman–Crippen MR) is 92.8 cm³/mol. The first-order chi connectivity index (χ1) is 12.2. The molecule has 0 saturated carbocycles. The van der Waals surface area contributed by atoms with Gasteiger partial charge < -0.3 is 14.1 Å².